The van der Waals surface area contributed by atoms with E-state index in [2.05, 4.69) is 0 Å². The molecule has 0 radical (unpaired) electrons. The van der Waals surface area contributed by atoms with E-state index in [1.54, 1.807) is 18.0 Å². The van der Waals surface area contributed by atoms with E-state index in [1.165, 1.54) is 6.07 Å². The van der Waals surface area contributed by atoms with Crippen LogP contribution in [0.25, 0.3) is 0 Å². The molecule has 0 amide bonds. The Bertz CT molecular complexity index is 415. The van der Waals surface area contributed by atoms with Gasteiger partial charge in [-0.05, 0) is 30.5 Å². The minimum Gasteiger partial charge on any atom is -0.374 e. The lowest BCUT2D eigenvalue weighted by atomic mass is 9.90. The molecule has 94 valence electrons. The number of nitrogens with two attached hydrogens (primary N) is 1. The molecule has 0 spiro atoms. The van der Waals surface area contributed by atoms with Crippen molar-refractivity contribution >= 4 is 5.69 Å². The smallest absolute Gasteiger partial charge is 0.374 e. The van der Waals surface area contributed by atoms with Gasteiger partial charge in [0, 0.05) is 13.6 Å². The highest BCUT2D eigenvalue weighted by molar-refractivity contribution is 5.62. The normalized spacial score (nSPS) is 20.3. The van der Waals surface area contributed by atoms with Gasteiger partial charge in [-0.25, -0.2) is 0 Å². The quantitative estimate of drug-likeness (QED) is 0.821. The van der Waals surface area contributed by atoms with E-state index < -0.39 is 11.7 Å². The Morgan fingerprint density at radius 2 is 2.12 bits per heavy atom. The van der Waals surface area contributed by atoms with Crippen LogP contribution in [0.4, 0.5) is 18.9 Å². The summed E-state index contributed by atoms with van der Waals surface area (Å²) in [7, 11) is 1.69. The van der Waals surface area contributed by atoms with Gasteiger partial charge in [0.25, 0.3) is 0 Å². The van der Waals surface area contributed by atoms with Crippen LogP contribution in [0.1, 0.15) is 11.1 Å². The van der Waals surface area contributed by atoms with Crippen molar-refractivity contribution in [3.8, 4) is 0 Å². The monoisotopic (exact) mass is 244 g/mol. The minimum atomic E-state index is -4.30. The van der Waals surface area contributed by atoms with Crippen LogP contribution in [0.2, 0.25) is 0 Å². The maximum Gasteiger partial charge on any atom is 0.418 e. The zero-order valence-corrected chi connectivity index (χ0v) is 9.59. The first-order chi connectivity index (χ1) is 7.93. The van der Waals surface area contributed by atoms with Crippen LogP contribution in [0.15, 0.2) is 18.2 Å². The second-order valence-electron chi connectivity index (χ2n) is 4.50. The van der Waals surface area contributed by atoms with E-state index >= 15 is 0 Å². The highest BCUT2D eigenvalue weighted by atomic mass is 19.4. The van der Waals surface area contributed by atoms with Gasteiger partial charge < -0.3 is 10.6 Å². The lowest BCUT2D eigenvalue weighted by Crippen LogP contribution is -2.37. The Morgan fingerprint density at radius 1 is 1.41 bits per heavy atom. The summed E-state index contributed by atoms with van der Waals surface area (Å²) in [5, 5.41) is 0. The van der Waals surface area contributed by atoms with Crippen molar-refractivity contribution in [3.63, 3.8) is 0 Å². The van der Waals surface area contributed by atoms with Crippen LogP contribution in [-0.4, -0.2) is 20.1 Å². The van der Waals surface area contributed by atoms with Crippen molar-refractivity contribution < 1.29 is 13.2 Å². The van der Waals surface area contributed by atoms with Crippen molar-refractivity contribution in [2.45, 2.75) is 12.6 Å². The molecule has 1 atom stereocenters. The Balaban J connectivity index is 2.48. The first-order valence-corrected chi connectivity index (χ1v) is 5.53. The maximum atomic E-state index is 12.9. The highest BCUT2D eigenvalue weighted by Crippen LogP contribution is 2.40. The summed E-state index contributed by atoms with van der Waals surface area (Å²) in [5.41, 5.74) is 6.10. The van der Waals surface area contributed by atoms with Crippen LogP contribution >= 0.6 is 0 Å². The van der Waals surface area contributed by atoms with E-state index in [1.807, 2.05) is 0 Å². The zero-order chi connectivity index (χ0) is 12.6. The second-order valence-corrected chi connectivity index (χ2v) is 4.50. The van der Waals surface area contributed by atoms with Crippen molar-refractivity contribution in [1.29, 1.82) is 0 Å². The predicted octanol–water partition coefficient (Wildman–Crippen LogP) is 2.27. The molecule has 1 aromatic rings. The van der Waals surface area contributed by atoms with Crippen molar-refractivity contribution in [3.05, 3.63) is 29.3 Å². The number of anilines is 1. The molecule has 0 saturated heterocycles. The molecule has 1 unspecified atom stereocenters. The van der Waals surface area contributed by atoms with Crippen molar-refractivity contribution in [2.75, 3.05) is 25.0 Å². The summed E-state index contributed by atoms with van der Waals surface area (Å²) in [6.07, 6.45) is -3.67. The molecular weight excluding hydrogens is 229 g/mol. The summed E-state index contributed by atoms with van der Waals surface area (Å²) >= 11 is 0. The number of alkyl halides is 3. The largest absolute Gasteiger partial charge is 0.418 e. The summed E-state index contributed by atoms with van der Waals surface area (Å²) in [4.78, 5) is 1.67. The van der Waals surface area contributed by atoms with Crippen molar-refractivity contribution in [2.24, 2.45) is 11.7 Å². The molecule has 2 nitrogen and oxygen atoms in total. The topological polar surface area (TPSA) is 29.3 Å². The Morgan fingerprint density at radius 3 is 2.71 bits per heavy atom. The number of benzene rings is 1. The molecule has 0 aliphatic carbocycles. The first kappa shape index (κ1) is 12.2. The van der Waals surface area contributed by atoms with E-state index in [9.17, 15) is 13.2 Å². The van der Waals surface area contributed by atoms with Gasteiger partial charge >= 0.3 is 6.18 Å². The molecule has 1 heterocycles. The molecule has 0 aromatic heterocycles. The lowest BCUT2D eigenvalue weighted by Gasteiger charge is -2.34. The first-order valence-electron chi connectivity index (χ1n) is 5.53. The summed E-state index contributed by atoms with van der Waals surface area (Å²) in [5.74, 6) is 0.232. The maximum absolute atomic E-state index is 12.9. The third-order valence-corrected chi connectivity index (χ3v) is 3.18. The van der Waals surface area contributed by atoms with Gasteiger partial charge in [0.15, 0.2) is 0 Å². The summed E-state index contributed by atoms with van der Waals surface area (Å²) in [6, 6.07) is 4.36. The molecule has 1 aromatic carbocycles. The standard InChI is InChI=1S/C12H15F3N2/c1-17-7-8(6-16)5-9-3-2-4-10(11(9)17)12(13,14)15/h2-4,8H,5-7,16H2,1H3. The van der Waals surface area contributed by atoms with Gasteiger partial charge in [-0.1, -0.05) is 12.1 Å². The number of hydrogen-bond acceptors (Lipinski definition) is 2. The summed E-state index contributed by atoms with van der Waals surface area (Å²) in [6.45, 7) is 1.08. The molecule has 0 fully saturated rings. The highest BCUT2D eigenvalue weighted by Gasteiger charge is 2.37. The fourth-order valence-electron chi connectivity index (χ4n) is 2.45. The average molecular weight is 244 g/mol. The fraction of sp³-hybridized carbons (Fsp3) is 0.500. The van der Waals surface area contributed by atoms with Gasteiger partial charge in [0.05, 0.1) is 11.3 Å². The Hall–Kier alpha value is -1.23. The van der Waals surface area contributed by atoms with E-state index in [-0.39, 0.29) is 5.92 Å². The van der Waals surface area contributed by atoms with Crippen LogP contribution in [0.5, 0.6) is 0 Å². The molecule has 17 heavy (non-hydrogen) atoms. The van der Waals surface area contributed by atoms with Gasteiger partial charge in [-0.15, -0.1) is 0 Å². The second kappa shape index (κ2) is 4.22. The van der Waals surface area contributed by atoms with Gasteiger partial charge in [0.1, 0.15) is 0 Å². The molecular formula is C12H15F3N2. The third kappa shape index (κ3) is 2.24. The fourth-order valence-corrected chi connectivity index (χ4v) is 2.45. The molecule has 0 bridgehead atoms. The number of halogens is 3. The van der Waals surface area contributed by atoms with Crippen molar-refractivity contribution in [1.82, 2.24) is 0 Å². The number of para-hydroxylation sites is 1. The molecule has 2 N–H and O–H groups in total. The van der Waals surface area contributed by atoms with Crippen LogP contribution in [-0.2, 0) is 12.6 Å². The number of hydrogen-bond donors (Lipinski definition) is 1. The third-order valence-electron chi connectivity index (χ3n) is 3.18. The van der Waals surface area contributed by atoms with E-state index in [0.29, 0.717) is 25.2 Å². The Kier molecular flexibility index (Phi) is 3.03. The lowest BCUT2D eigenvalue weighted by molar-refractivity contribution is -0.137. The van der Waals surface area contributed by atoms with Gasteiger partial charge in [-0.3, -0.25) is 0 Å². The SMILES string of the molecule is CN1CC(CN)Cc2cccc(C(F)(F)F)c21. The molecule has 1 aliphatic heterocycles. The average Bonchev–Trinajstić information content (AvgIpc) is 2.26. The predicted molar refractivity (Wildman–Crippen MR) is 61.0 cm³/mol. The van der Waals surface area contributed by atoms with Crippen LogP contribution in [0, 0.1) is 5.92 Å². The van der Waals surface area contributed by atoms with E-state index in [0.717, 1.165) is 11.6 Å². The zero-order valence-electron chi connectivity index (χ0n) is 9.59. The van der Waals surface area contributed by atoms with Crippen LogP contribution < -0.4 is 10.6 Å². The van der Waals surface area contributed by atoms with Gasteiger partial charge in [0.2, 0.25) is 0 Å². The van der Waals surface area contributed by atoms with Gasteiger partial charge in [-0.2, -0.15) is 13.2 Å². The molecule has 0 saturated carbocycles. The molecule has 5 heteroatoms. The summed E-state index contributed by atoms with van der Waals surface area (Å²) < 4.78 is 38.6. The number of rotatable bonds is 1. The van der Waals surface area contributed by atoms with E-state index in [4.69, 9.17) is 5.73 Å². The molecule has 2 rings (SSSR count). The number of nitrogens with zero attached hydrogens (tertiary/aromatic N) is 1. The number of fused-ring (bicyclic) bond motifs is 1. The minimum absolute atomic E-state index is 0.232. The molecule has 1 aliphatic rings. The van der Waals surface area contributed by atoms with Crippen LogP contribution in [0.3, 0.4) is 0 Å². The Labute approximate surface area is 98.2 Å².